The first-order valence-corrected chi connectivity index (χ1v) is 13.2. The molecule has 4 nitrogen and oxygen atoms in total. The van der Waals surface area contributed by atoms with E-state index in [0.717, 1.165) is 17.5 Å². The predicted octanol–water partition coefficient (Wildman–Crippen LogP) is 6.29. The van der Waals surface area contributed by atoms with E-state index in [0.29, 0.717) is 17.9 Å². The van der Waals surface area contributed by atoms with Crippen LogP contribution in [0.3, 0.4) is 0 Å². The zero-order chi connectivity index (χ0) is 25.0. The molecule has 0 saturated carbocycles. The molecule has 4 rings (SSSR count). The normalized spacial score (nSPS) is 16.9. The zero-order valence-electron chi connectivity index (χ0n) is 21.0. The minimum absolute atomic E-state index is 0.0106. The summed E-state index contributed by atoms with van der Waals surface area (Å²) < 4.78 is 0. The second-order valence-corrected chi connectivity index (χ2v) is 11.2. The summed E-state index contributed by atoms with van der Waals surface area (Å²) in [6.07, 6.45) is 0.832. The number of rotatable bonds is 7. The summed E-state index contributed by atoms with van der Waals surface area (Å²) in [6.45, 7) is 9.27. The Balaban J connectivity index is 1.38. The summed E-state index contributed by atoms with van der Waals surface area (Å²) in [4.78, 5) is 27.4. The van der Waals surface area contributed by atoms with Gasteiger partial charge in [-0.05, 0) is 53.1 Å². The van der Waals surface area contributed by atoms with Crippen molar-refractivity contribution in [1.82, 2.24) is 10.2 Å². The standard InChI is InChI=1S/C30H34N2O2S/c1-21(23-14-16-26(17-15-23)30(2,3)4)31-28(34)24-10-12-25(13-11-24)29-32(27(33)20-35-29)19-18-22-8-6-5-7-9-22/h5-17,21,29H,18-20H2,1-4H3,(H,31,34)/t21-,29-/m1/s1. The van der Waals surface area contributed by atoms with Crippen molar-refractivity contribution in [2.75, 3.05) is 12.3 Å². The summed E-state index contributed by atoms with van der Waals surface area (Å²) in [7, 11) is 0. The van der Waals surface area contributed by atoms with Gasteiger partial charge in [-0.15, -0.1) is 11.8 Å². The van der Waals surface area contributed by atoms with Gasteiger partial charge >= 0.3 is 0 Å². The van der Waals surface area contributed by atoms with Crippen LogP contribution in [0.5, 0.6) is 0 Å². The number of hydrogen-bond acceptors (Lipinski definition) is 3. The lowest BCUT2D eigenvalue weighted by Crippen LogP contribution is -2.30. The fourth-order valence-electron chi connectivity index (χ4n) is 4.30. The van der Waals surface area contributed by atoms with Gasteiger partial charge in [-0.2, -0.15) is 0 Å². The maximum Gasteiger partial charge on any atom is 0.251 e. The first-order chi connectivity index (χ1) is 16.7. The Hall–Kier alpha value is -3.05. The monoisotopic (exact) mass is 486 g/mol. The van der Waals surface area contributed by atoms with Gasteiger partial charge in [0.1, 0.15) is 5.37 Å². The fraction of sp³-hybridized carbons (Fsp3) is 0.333. The van der Waals surface area contributed by atoms with E-state index in [1.807, 2.05) is 54.3 Å². The molecule has 1 N–H and O–H groups in total. The van der Waals surface area contributed by atoms with Gasteiger partial charge in [0.2, 0.25) is 5.91 Å². The van der Waals surface area contributed by atoms with Crippen molar-refractivity contribution in [3.05, 3.63) is 107 Å². The highest BCUT2D eigenvalue weighted by Crippen LogP contribution is 2.38. The lowest BCUT2D eigenvalue weighted by molar-refractivity contribution is -0.128. The van der Waals surface area contributed by atoms with E-state index in [1.165, 1.54) is 11.1 Å². The maximum absolute atomic E-state index is 12.9. The van der Waals surface area contributed by atoms with Gasteiger partial charge in [-0.25, -0.2) is 0 Å². The van der Waals surface area contributed by atoms with Crippen LogP contribution in [0.1, 0.15) is 71.7 Å². The first-order valence-electron chi connectivity index (χ1n) is 12.2. The fourth-order valence-corrected chi connectivity index (χ4v) is 5.52. The molecule has 0 aromatic heterocycles. The van der Waals surface area contributed by atoms with Crippen molar-refractivity contribution in [3.63, 3.8) is 0 Å². The molecule has 2 atom stereocenters. The molecule has 0 unspecified atom stereocenters. The first kappa shape index (κ1) is 25.1. The molecule has 2 amide bonds. The van der Waals surface area contributed by atoms with Crippen LogP contribution in [0.25, 0.3) is 0 Å². The van der Waals surface area contributed by atoms with Gasteiger partial charge in [-0.1, -0.05) is 87.5 Å². The number of carbonyl (C=O) groups excluding carboxylic acids is 2. The summed E-state index contributed by atoms with van der Waals surface area (Å²) in [5.74, 6) is 0.566. The largest absolute Gasteiger partial charge is 0.346 e. The smallest absolute Gasteiger partial charge is 0.251 e. The predicted molar refractivity (Wildman–Crippen MR) is 145 cm³/mol. The third kappa shape index (κ3) is 6.15. The van der Waals surface area contributed by atoms with Crippen LogP contribution in [0.2, 0.25) is 0 Å². The van der Waals surface area contributed by atoms with Crippen molar-refractivity contribution in [1.29, 1.82) is 0 Å². The number of carbonyl (C=O) groups is 2. The molecule has 1 heterocycles. The van der Waals surface area contributed by atoms with Gasteiger partial charge < -0.3 is 10.2 Å². The van der Waals surface area contributed by atoms with Gasteiger partial charge in [-0.3, -0.25) is 9.59 Å². The minimum Gasteiger partial charge on any atom is -0.346 e. The Bertz CT molecular complexity index is 1150. The van der Waals surface area contributed by atoms with Crippen LogP contribution in [-0.2, 0) is 16.6 Å². The van der Waals surface area contributed by atoms with Crippen molar-refractivity contribution in [3.8, 4) is 0 Å². The maximum atomic E-state index is 12.9. The molecule has 1 fully saturated rings. The number of hydrogen-bond donors (Lipinski definition) is 1. The van der Waals surface area contributed by atoms with Crippen molar-refractivity contribution in [2.24, 2.45) is 0 Å². The van der Waals surface area contributed by atoms with Crippen LogP contribution >= 0.6 is 11.8 Å². The van der Waals surface area contributed by atoms with Crippen LogP contribution in [-0.4, -0.2) is 29.0 Å². The zero-order valence-corrected chi connectivity index (χ0v) is 21.8. The highest BCUT2D eigenvalue weighted by atomic mass is 32.2. The molecule has 5 heteroatoms. The Morgan fingerprint density at radius 1 is 1.00 bits per heavy atom. The summed E-state index contributed by atoms with van der Waals surface area (Å²) in [5.41, 5.74) is 5.36. The number of nitrogens with zero attached hydrogens (tertiary/aromatic N) is 1. The lowest BCUT2D eigenvalue weighted by atomic mass is 9.86. The Kier molecular flexibility index (Phi) is 7.66. The van der Waals surface area contributed by atoms with E-state index in [1.54, 1.807) is 11.8 Å². The Morgan fingerprint density at radius 3 is 2.29 bits per heavy atom. The number of nitrogens with one attached hydrogen (secondary N) is 1. The molecular formula is C30H34N2O2S. The van der Waals surface area contributed by atoms with Crippen LogP contribution in [0.15, 0.2) is 78.9 Å². The van der Waals surface area contributed by atoms with E-state index in [9.17, 15) is 9.59 Å². The number of benzene rings is 3. The van der Waals surface area contributed by atoms with Crippen molar-refractivity contribution < 1.29 is 9.59 Å². The number of thioether (sulfide) groups is 1. The lowest BCUT2D eigenvalue weighted by Gasteiger charge is -2.24. The second kappa shape index (κ2) is 10.7. The van der Waals surface area contributed by atoms with Crippen molar-refractivity contribution >= 4 is 23.6 Å². The third-order valence-electron chi connectivity index (χ3n) is 6.53. The highest BCUT2D eigenvalue weighted by molar-refractivity contribution is 8.00. The van der Waals surface area contributed by atoms with E-state index in [4.69, 9.17) is 0 Å². The molecule has 3 aromatic carbocycles. The average Bonchev–Trinajstić information content (AvgIpc) is 3.23. The molecule has 3 aromatic rings. The molecule has 1 saturated heterocycles. The SMILES string of the molecule is C[C@@H](NC(=O)c1ccc([C@H]2SCC(=O)N2CCc2ccccc2)cc1)c1ccc(C(C)(C)C)cc1. The van der Waals surface area contributed by atoms with E-state index < -0.39 is 0 Å². The molecule has 1 aliphatic rings. The van der Waals surface area contributed by atoms with Gasteiger partial charge in [0.15, 0.2) is 0 Å². The second-order valence-electron chi connectivity index (χ2n) is 10.2. The molecule has 0 radical (unpaired) electrons. The van der Waals surface area contributed by atoms with E-state index >= 15 is 0 Å². The number of amides is 2. The molecule has 0 spiro atoms. The van der Waals surface area contributed by atoms with Crippen molar-refractivity contribution in [2.45, 2.75) is 50.9 Å². The minimum atomic E-state index is -0.0972. The van der Waals surface area contributed by atoms with Gasteiger partial charge in [0.05, 0.1) is 11.8 Å². The summed E-state index contributed by atoms with van der Waals surface area (Å²) in [5, 5.41) is 3.09. The van der Waals surface area contributed by atoms with Crippen LogP contribution < -0.4 is 5.32 Å². The Labute approximate surface area is 213 Å². The molecule has 1 aliphatic heterocycles. The Morgan fingerprint density at radius 2 is 1.66 bits per heavy atom. The molecule has 182 valence electrons. The topological polar surface area (TPSA) is 49.4 Å². The summed E-state index contributed by atoms with van der Waals surface area (Å²) in [6, 6.07) is 26.3. The average molecular weight is 487 g/mol. The van der Waals surface area contributed by atoms with Gasteiger partial charge in [0, 0.05) is 12.1 Å². The quantitative estimate of drug-likeness (QED) is 0.427. The molecule has 0 aliphatic carbocycles. The molecular weight excluding hydrogens is 452 g/mol. The molecule has 35 heavy (non-hydrogen) atoms. The van der Waals surface area contributed by atoms with Crippen LogP contribution in [0.4, 0.5) is 0 Å². The summed E-state index contributed by atoms with van der Waals surface area (Å²) >= 11 is 1.65. The van der Waals surface area contributed by atoms with Gasteiger partial charge in [0.25, 0.3) is 5.91 Å². The highest BCUT2D eigenvalue weighted by Gasteiger charge is 2.32. The van der Waals surface area contributed by atoms with E-state index in [-0.39, 0.29) is 28.6 Å². The van der Waals surface area contributed by atoms with Crippen LogP contribution in [0, 0.1) is 0 Å². The molecule has 0 bridgehead atoms. The third-order valence-corrected chi connectivity index (χ3v) is 7.79. The van der Waals surface area contributed by atoms with E-state index in [2.05, 4.69) is 62.5 Å².